The van der Waals surface area contributed by atoms with Crippen molar-refractivity contribution in [3.8, 4) is 16.3 Å². The number of nitrogens with one attached hydrogen (secondary N) is 1. The third-order valence-electron chi connectivity index (χ3n) is 3.46. The molecule has 0 bridgehead atoms. The van der Waals surface area contributed by atoms with E-state index in [2.05, 4.69) is 10.3 Å². The highest BCUT2D eigenvalue weighted by Crippen LogP contribution is 2.27. The van der Waals surface area contributed by atoms with Crippen LogP contribution in [0.25, 0.3) is 10.6 Å². The van der Waals surface area contributed by atoms with Gasteiger partial charge in [0, 0.05) is 10.9 Å². The van der Waals surface area contributed by atoms with Crippen molar-refractivity contribution >= 4 is 23.2 Å². The van der Waals surface area contributed by atoms with Gasteiger partial charge in [-0.3, -0.25) is 4.79 Å². The summed E-state index contributed by atoms with van der Waals surface area (Å²) in [6.07, 6.45) is 0.0525. The maximum atomic E-state index is 12.0. The lowest BCUT2D eigenvalue weighted by atomic mass is 10.0. The number of hydrogen-bond acceptors (Lipinski definition) is 5. The van der Waals surface area contributed by atoms with Gasteiger partial charge in [-0.1, -0.05) is 26.0 Å². The molecule has 2 aromatic rings. The molecule has 0 aliphatic rings. The first kappa shape index (κ1) is 17.9. The molecule has 0 radical (unpaired) electrons. The fourth-order valence-corrected chi connectivity index (χ4v) is 3.00. The lowest BCUT2D eigenvalue weighted by Crippen LogP contribution is -2.44. The number of benzene rings is 1. The smallest absolute Gasteiger partial charge is 0.326 e. The van der Waals surface area contributed by atoms with Crippen LogP contribution in [0.2, 0.25) is 0 Å². The Hall–Kier alpha value is -2.41. The lowest BCUT2D eigenvalue weighted by molar-refractivity contribution is -0.143. The molecular formula is C17H20N2O4S. The van der Waals surface area contributed by atoms with E-state index in [-0.39, 0.29) is 18.2 Å². The Morgan fingerprint density at radius 2 is 2.12 bits per heavy atom. The first-order valence-electron chi connectivity index (χ1n) is 7.51. The van der Waals surface area contributed by atoms with Crippen LogP contribution in [0.1, 0.15) is 19.5 Å². The minimum atomic E-state index is -1.03. The lowest BCUT2D eigenvalue weighted by Gasteiger charge is -2.17. The van der Waals surface area contributed by atoms with E-state index in [9.17, 15) is 9.59 Å². The van der Waals surface area contributed by atoms with E-state index in [1.165, 1.54) is 11.3 Å². The normalized spacial score (nSPS) is 12.0. The van der Waals surface area contributed by atoms with Crippen molar-refractivity contribution in [3.05, 3.63) is 35.3 Å². The van der Waals surface area contributed by atoms with Crippen molar-refractivity contribution in [2.24, 2.45) is 5.92 Å². The van der Waals surface area contributed by atoms with Crippen LogP contribution in [0.3, 0.4) is 0 Å². The average Bonchev–Trinajstić information content (AvgIpc) is 3.00. The van der Waals surface area contributed by atoms with Crippen LogP contribution >= 0.6 is 11.3 Å². The molecule has 2 rings (SSSR count). The number of nitrogens with zero attached hydrogens (tertiary/aromatic N) is 1. The molecule has 1 atom stereocenters. The summed E-state index contributed by atoms with van der Waals surface area (Å²) in [4.78, 5) is 27.6. The third kappa shape index (κ3) is 4.55. The van der Waals surface area contributed by atoms with Crippen LogP contribution < -0.4 is 10.1 Å². The zero-order valence-corrected chi connectivity index (χ0v) is 14.6. The minimum absolute atomic E-state index is 0.0525. The Bertz CT molecular complexity index is 727. The first-order valence-corrected chi connectivity index (χ1v) is 8.39. The number of thiazole rings is 1. The molecule has 6 nitrogen and oxygen atoms in total. The number of hydrogen-bond donors (Lipinski definition) is 2. The summed E-state index contributed by atoms with van der Waals surface area (Å²) in [5.41, 5.74) is 1.53. The van der Waals surface area contributed by atoms with E-state index >= 15 is 0 Å². The maximum Gasteiger partial charge on any atom is 0.326 e. The standard InChI is InChI=1S/C17H20N2O4S/c1-10(2)15(17(21)22)19-14(20)8-12-9-24-16(18-12)11-5-4-6-13(7-11)23-3/h4-7,9-10,15H,8H2,1-3H3,(H,19,20)(H,21,22). The van der Waals surface area contributed by atoms with Crippen LogP contribution in [-0.4, -0.2) is 35.1 Å². The zero-order valence-electron chi connectivity index (χ0n) is 13.8. The minimum Gasteiger partial charge on any atom is -0.497 e. The second-order valence-electron chi connectivity index (χ2n) is 5.68. The highest BCUT2D eigenvalue weighted by atomic mass is 32.1. The first-order chi connectivity index (χ1) is 11.4. The Kier molecular flexibility index (Phi) is 5.92. The molecule has 0 saturated heterocycles. The average molecular weight is 348 g/mol. The summed E-state index contributed by atoms with van der Waals surface area (Å²) >= 11 is 1.43. The number of carboxylic acids is 1. The predicted octanol–water partition coefficient (Wildman–Crippen LogP) is 2.59. The van der Waals surface area contributed by atoms with E-state index in [0.717, 1.165) is 16.3 Å². The maximum absolute atomic E-state index is 12.0. The Morgan fingerprint density at radius 3 is 2.75 bits per heavy atom. The fourth-order valence-electron chi connectivity index (χ4n) is 2.18. The predicted molar refractivity (Wildman–Crippen MR) is 92.2 cm³/mol. The number of methoxy groups -OCH3 is 1. The van der Waals surface area contributed by atoms with Gasteiger partial charge in [0.2, 0.25) is 5.91 Å². The van der Waals surface area contributed by atoms with Gasteiger partial charge < -0.3 is 15.2 Å². The largest absolute Gasteiger partial charge is 0.497 e. The monoisotopic (exact) mass is 348 g/mol. The SMILES string of the molecule is COc1cccc(-c2nc(CC(=O)NC(C(=O)O)C(C)C)cs2)c1. The molecule has 1 aromatic heterocycles. The molecule has 1 heterocycles. The van der Waals surface area contributed by atoms with Gasteiger partial charge in [0.05, 0.1) is 19.2 Å². The molecule has 0 aliphatic heterocycles. The van der Waals surface area contributed by atoms with Crippen molar-refractivity contribution < 1.29 is 19.4 Å². The summed E-state index contributed by atoms with van der Waals surface area (Å²) in [7, 11) is 1.60. The summed E-state index contributed by atoms with van der Waals surface area (Å²) in [6.45, 7) is 3.51. The topological polar surface area (TPSA) is 88.5 Å². The summed E-state index contributed by atoms with van der Waals surface area (Å²) in [5, 5.41) is 14.3. The van der Waals surface area contributed by atoms with Gasteiger partial charge >= 0.3 is 5.97 Å². The number of ether oxygens (including phenoxy) is 1. The molecule has 128 valence electrons. The van der Waals surface area contributed by atoms with Crippen molar-refractivity contribution in [1.82, 2.24) is 10.3 Å². The van der Waals surface area contributed by atoms with Crippen molar-refractivity contribution in [2.75, 3.05) is 7.11 Å². The van der Waals surface area contributed by atoms with Crippen LogP contribution in [-0.2, 0) is 16.0 Å². The summed E-state index contributed by atoms with van der Waals surface area (Å²) < 4.78 is 5.19. The van der Waals surface area contributed by atoms with Crippen LogP contribution in [0.5, 0.6) is 5.75 Å². The summed E-state index contributed by atoms with van der Waals surface area (Å²) in [6, 6.07) is 6.63. The highest BCUT2D eigenvalue weighted by molar-refractivity contribution is 7.13. The molecule has 24 heavy (non-hydrogen) atoms. The zero-order chi connectivity index (χ0) is 17.7. The Balaban J connectivity index is 2.05. The van der Waals surface area contributed by atoms with Gasteiger partial charge in [-0.15, -0.1) is 11.3 Å². The third-order valence-corrected chi connectivity index (χ3v) is 4.40. The fraction of sp³-hybridized carbons (Fsp3) is 0.353. The van der Waals surface area contributed by atoms with E-state index in [1.807, 2.05) is 24.3 Å². The van der Waals surface area contributed by atoms with Gasteiger partial charge in [-0.05, 0) is 18.1 Å². The number of carboxylic acid groups (broad SMARTS) is 1. The molecule has 2 N–H and O–H groups in total. The molecule has 0 saturated carbocycles. The quantitative estimate of drug-likeness (QED) is 0.803. The number of amides is 1. The van der Waals surface area contributed by atoms with Crippen molar-refractivity contribution in [2.45, 2.75) is 26.3 Å². The number of carbonyl (C=O) groups excluding carboxylic acids is 1. The van der Waals surface area contributed by atoms with Gasteiger partial charge in [-0.2, -0.15) is 0 Å². The Morgan fingerprint density at radius 1 is 1.38 bits per heavy atom. The van der Waals surface area contributed by atoms with Gasteiger partial charge in [-0.25, -0.2) is 9.78 Å². The van der Waals surface area contributed by atoms with Gasteiger partial charge in [0.1, 0.15) is 16.8 Å². The second-order valence-corrected chi connectivity index (χ2v) is 6.54. The Labute approximate surface area is 144 Å². The number of carbonyl (C=O) groups is 2. The van der Waals surface area contributed by atoms with Crippen LogP contribution in [0, 0.1) is 5.92 Å². The molecule has 1 unspecified atom stereocenters. The summed E-state index contributed by atoms with van der Waals surface area (Å²) in [5.74, 6) is -0.829. The second kappa shape index (κ2) is 7.92. The van der Waals surface area contributed by atoms with Crippen molar-refractivity contribution in [3.63, 3.8) is 0 Å². The molecule has 0 aliphatic carbocycles. The molecule has 0 spiro atoms. The van der Waals surface area contributed by atoms with Gasteiger partial charge in [0.25, 0.3) is 0 Å². The van der Waals surface area contributed by atoms with E-state index in [0.29, 0.717) is 5.69 Å². The van der Waals surface area contributed by atoms with E-state index in [4.69, 9.17) is 9.84 Å². The number of aliphatic carboxylic acids is 1. The van der Waals surface area contributed by atoms with Gasteiger partial charge in [0.15, 0.2) is 0 Å². The number of rotatable bonds is 7. The van der Waals surface area contributed by atoms with E-state index in [1.54, 1.807) is 26.3 Å². The molecule has 7 heteroatoms. The highest BCUT2D eigenvalue weighted by Gasteiger charge is 2.23. The molecule has 0 fully saturated rings. The van der Waals surface area contributed by atoms with E-state index < -0.39 is 12.0 Å². The molecule has 1 amide bonds. The van der Waals surface area contributed by atoms with Crippen molar-refractivity contribution in [1.29, 1.82) is 0 Å². The van der Waals surface area contributed by atoms with Crippen LogP contribution in [0.4, 0.5) is 0 Å². The molecular weight excluding hydrogens is 328 g/mol. The van der Waals surface area contributed by atoms with Crippen LogP contribution in [0.15, 0.2) is 29.6 Å². The molecule has 1 aromatic carbocycles. The number of aromatic nitrogens is 1.